The van der Waals surface area contributed by atoms with Gasteiger partial charge in [0.2, 0.25) is 0 Å². The van der Waals surface area contributed by atoms with Crippen LogP contribution in [0.25, 0.3) is 0 Å². The van der Waals surface area contributed by atoms with Crippen LogP contribution < -0.4 is 5.32 Å². The molecule has 1 N–H and O–H groups in total. The molecule has 0 spiro atoms. The minimum atomic E-state index is -0.599. The third-order valence-corrected chi connectivity index (χ3v) is 2.29. The number of ether oxygens (including phenoxy) is 1. The lowest BCUT2D eigenvalue weighted by atomic mass is 10.1. The average molecular weight is 236 g/mol. The Morgan fingerprint density at radius 1 is 1.53 bits per heavy atom. The monoisotopic (exact) mass is 236 g/mol. The normalized spacial score (nSPS) is 11.6. The molecular formula is C12H16N2O3. The van der Waals surface area contributed by atoms with Crippen LogP contribution in [0, 0.1) is 0 Å². The van der Waals surface area contributed by atoms with Gasteiger partial charge in [0.25, 0.3) is 5.91 Å². The first-order chi connectivity index (χ1) is 8.19. The zero-order chi connectivity index (χ0) is 12.7. The Balaban J connectivity index is 2.67. The van der Waals surface area contributed by atoms with Crippen molar-refractivity contribution in [2.24, 2.45) is 0 Å². The van der Waals surface area contributed by atoms with Crippen molar-refractivity contribution in [2.75, 3.05) is 7.11 Å². The summed E-state index contributed by atoms with van der Waals surface area (Å²) in [5, 5.41) is 2.63. The third-order valence-electron chi connectivity index (χ3n) is 2.29. The number of nitrogens with zero attached hydrogens (tertiary/aromatic N) is 1. The maximum atomic E-state index is 11.8. The second-order valence-corrected chi connectivity index (χ2v) is 3.58. The molecule has 1 atom stereocenters. The number of aromatic nitrogens is 1. The first kappa shape index (κ1) is 13.2. The van der Waals surface area contributed by atoms with Crippen LogP contribution in [-0.4, -0.2) is 30.0 Å². The number of amides is 1. The molecule has 1 unspecified atom stereocenters. The number of carbonyl (C=O) groups excluding carboxylic acids is 2. The fourth-order valence-corrected chi connectivity index (χ4v) is 1.42. The maximum Gasteiger partial charge on any atom is 0.328 e. The van der Waals surface area contributed by atoms with E-state index in [1.165, 1.54) is 13.3 Å². The summed E-state index contributed by atoms with van der Waals surface area (Å²) < 4.78 is 4.63. The van der Waals surface area contributed by atoms with Gasteiger partial charge in [-0.05, 0) is 18.6 Å². The van der Waals surface area contributed by atoms with E-state index in [4.69, 9.17) is 0 Å². The van der Waals surface area contributed by atoms with E-state index in [9.17, 15) is 9.59 Å². The van der Waals surface area contributed by atoms with E-state index in [-0.39, 0.29) is 5.91 Å². The Kier molecular flexibility index (Phi) is 5.13. The van der Waals surface area contributed by atoms with E-state index in [0.29, 0.717) is 12.0 Å². The van der Waals surface area contributed by atoms with E-state index < -0.39 is 12.0 Å². The van der Waals surface area contributed by atoms with Gasteiger partial charge in [-0.2, -0.15) is 0 Å². The fraction of sp³-hybridized carbons (Fsp3) is 0.417. The van der Waals surface area contributed by atoms with Gasteiger partial charge in [-0.3, -0.25) is 9.78 Å². The van der Waals surface area contributed by atoms with E-state index in [1.807, 2.05) is 6.92 Å². The molecule has 5 nitrogen and oxygen atoms in total. The van der Waals surface area contributed by atoms with Crippen molar-refractivity contribution in [3.8, 4) is 0 Å². The van der Waals surface area contributed by atoms with Crippen molar-refractivity contribution in [1.29, 1.82) is 0 Å². The molecule has 5 heteroatoms. The minimum Gasteiger partial charge on any atom is -0.467 e. The van der Waals surface area contributed by atoms with Gasteiger partial charge in [0.15, 0.2) is 0 Å². The Labute approximate surface area is 100 Å². The summed E-state index contributed by atoms with van der Waals surface area (Å²) in [7, 11) is 1.31. The van der Waals surface area contributed by atoms with Crippen LogP contribution >= 0.6 is 0 Å². The lowest BCUT2D eigenvalue weighted by Gasteiger charge is -2.15. The van der Waals surface area contributed by atoms with Crippen molar-refractivity contribution >= 4 is 11.9 Å². The third kappa shape index (κ3) is 3.86. The molecule has 0 aliphatic carbocycles. The first-order valence-electron chi connectivity index (χ1n) is 5.47. The smallest absolute Gasteiger partial charge is 0.328 e. The predicted octanol–water partition coefficient (Wildman–Crippen LogP) is 1.15. The van der Waals surface area contributed by atoms with Gasteiger partial charge < -0.3 is 10.1 Å². The Bertz CT molecular complexity index is 379. The van der Waals surface area contributed by atoms with Crippen LogP contribution in [0.3, 0.4) is 0 Å². The first-order valence-corrected chi connectivity index (χ1v) is 5.47. The SMILES string of the molecule is CCCC(NC(=O)c1cccnc1)C(=O)OC. The lowest BCUT2D eigenvalue weighted by Crippen LogP contribution is -2.41. The summed E-state index contributed by atoms with van der Waals surface area (Å²) in [5.74, 6) is -0.744. The highest BCUT2D eigenvalue weighted by Gasteiger charge is 2.20. The average Bonchev–Trinajstić information content (AvgIpc) is 2.38. The number of methoxy groups -OCH3 is 1. The highest BCUT2D eigenvalue weighted by molar-refractivity contribution is 5.96. The quantitative estimate of drug-likeness (QED) is 0.779. The zero-order valence-corrected chi connectivity index (χ0v) is 9.97. The van der Waals surface area contributed by atoms with E-state index >= 15 is 0 Å². The van der Waals surface area contributed by atoms with Crippen LogP contribution in [0.15, 0.2) is 24.5 Å². The van der Waals surface area contributed by atoms with Crippen molar-refractivity contribution in [3.05, 3.63) is 30.1 Å². The Hall–Kier alpha value is -1.91. The summed E-state index contributed by atoms with van der Waals surface area (Å²) in [6, 6.07) is 2.71. The standard InChI is InChI=1S/C12H16N2O3/c1-3-5-10(12(16)17-2)14-11(15)9-6-4-7-13-8-9/h4,6-8,10H,3,5H2,1-2H3,(H,14,15). The van der Waals surface area contributed by atoms with Gasteiger partial charge in [-0.1, -0.05) is 13.3 Å². The molecule has 0 aliphatic rings. The largest absolute Gasteiger partial charge is 0.467 e. The molecule has 1 aromatic rings. The number of carbonyl (C=O) groups is 2. The second kappa shape index (κ2) is 6.62. The van der Waals surface area contributed by atoms with Crippen molar-refractivity contribution in [3.63, 3.8) is 0 Å². The minimum absolute atomic E-state index is 0.318. The molecule has 1 rings (SSSR count). The highest BCUT2D eigenvalue weighted by atomic mass is 16.5. The van der Waals surface area contributed by atoms with Crippen LogP contribution in [0.5, 0.6) is 0 Å². The van der Waals surface area contributed by atoms with Gasteiger partial charge >= 0.3 is 5.97 Å². The molecule has 0 fully saturated rings. The van der Waals surface area contributed by atoms with Gasteiger partial charge in [0.05, 0.1) is 12.7 Å². The summed E-state index contributed by atoms with van der Waals surface area (Å²) in [4.78, 5) is 27.1. The lowest BCUT2D eigenvalue weighted by molar-refractivity contribution is -0.143. The molecule has 1 aromatic heterocycles. The van der Waals surface area contributed by atoms with Crippen LogP contribution in [-0.2, 0) is 9.53 Å². The molecule has 0 bridgehead atoms. The number of rotatable bonds is 5. The van der Waals surface area contributed by atoms with E-state index in [0.717, 1.165) is 6.42 Å². The van der Waals surface area contributed by atoms with Gasteiger partial charge in [0, 0.05) is 12.4 Å². The summed E-state index contributed by atoms with van der Waals surface area (Å²) >= 11 is 0. The van der Waals surface area contributed by atoms with Crippen molar-refractivity contribution < 1.29 is 14.3 Å². The van der Waals surface area contributed by atoms with E-state index in [2.05, 4.69) is 15.0 Å². The summed E-state index contributed by atoms with van der Waals surface area (Å²) in [6.45, 7) is 1.94. The molecule has 0 aliphatic heterocycles. The molecule has 1 heterocycles. The molecule has 17 heavy (non-hydrogen) atoms. The van der Waals surface area contributed by atoms with Gasteiger partial charge in [-0.15, -0.1) is 0 Å². The fourth-order valence-electron chi connectivity index (χ4n) is 1.42. The van der Waals surface area contributed by atoms with Crippen molar-refractivity contribution in [1.82, 2.24) is 10.3 Å². The molecule has 0 saturated heterocycles. The number of hydrogen-bond acceptors (Lipinski definition) is 4. The number of hydrogen-bond donors (Lipinski definition) is 1. The highest BCUT2D eigenvalue weighted by Crippen LogP contribution is 2.02. The van der Waals surface area contributed by atoms with E-state index in [1.54, 1.807) is 18.3 Å². The summed E-state index contributed by atoms with van der Waals surface area (Å²) in [6.07, 6.45) is 4.38. The van der Waals surface area contributed by atoms with Gasteiger partial charge in [0.1, 0.15) is 6.04 Å². The maximum absolute atomic E-state index is 11.8. The molecule has 0 radical (unpaired) electrons. The second-order valence-electron chi connectivity index (χ2n) is 3.58. The zero-order valence-electron chi connectivity index (χ0n) is 9.97. The Morgan fingerprint density at radius 3 is 2.82 bits per heavy atom. The topological polar surface area (TPSA) is 68.3 Å². The molecule has 0 aromatic carbocycles. The molecular weight excluding hydrogens is 220 g/mol. The molecule has 0 saturated carbocycles. The number of nitrogens with one attached hydrogen (secondary N) is 1. The predicted molar refractivity (Wildman–Crippen MR) is 62.4 cm³/mol. The van der Waals surface area contributed by atoms with Gasteiger partial charge in [-0.25, -0.2) is 4.79 Å². The number of esters is 1. The Morgan fingerprint density at radius 2 is 2.29 bits per heavy atom. The molecule has 92 valence electrons. The van der Waals surface area contributed by atoms with Crippen LogP contribution in [0.4, 0.5) is 0 Å². The molecule has 1 amide bonds. The summed E-state index contributed by atoms with van der Waals surface area (Å²) in [5.41, 5.74) is 0.428. The van der Waals surface area contributed by atoms with Crippen LogP contribution in [0.2, 0.25) is 0 Å². The number of pyridine rings is 1. The van der Waals surface area contributed by atoms with Crippen LogP contribution in [0.1, 0.15) is 30.1 Å². The van der Waals surface area contributed by atoms with Crippen molar-refractivity contribution in [2.45, 2.75) is 25.8 Å².